The van der Waals surface area contributed by atoms with Crippen LogP contribution in [-0.2, 0) is 6.54 Å². The molecule has 0 aliphatic carbocycles. The molecule has 3 aromatic rings. The molecule has 0 amide bonds. The van der Waals surface area contributed by atoms with Gasteiger partial charge in [0.25, 0.3) is 5.56 Å². The molecule has 7 heteroatoms. The van der Waals surface area contributed by atoms with Gasteiger partial charge in [-0.25, -0.2) is 9.78 Å². The maximum absolute atomic E-state index is 11.8. The van der Waals surface area contributed by atoms with Crippen LogP contribution in [0.5, 0.6) is 0 Å². The Labute approximate surface area is 118 Å². The molecule has 20 heavy (non-hydrogen) atoms. The Hall–Kier alpha value is -2.34. The minimum Gasteiger partial charge on any atom is -0.332 e. The number of aromatic nitrogens is 4. The van der Waals surface area contributed by atoms with Crippen LogP contribution in [0.1, 0.15) is 6.92 Å². The third-order valence-electron chi connectivity index (χ3n) is 3.05. The lowest BCUT2D eigenvalue weighted by atomic mass is 10.2. The van der Waals surface area contributed by atoms with Crippen molar-refractivity contribution in [2.24, 2.45) is 0 Å². The summed E-state index contributed by atoms with van der Waals surface area (Å²) in [6.07, 6.45) is 0. The first-order valence-electron chi connectivity index (χ1n) is 6.09. The first-order chi connectivity index (χ1) is 9.60. The van der Waals surface area contributed by atoms with Crippen LogP contribution in [0.25, 0.3) is 22.6 Å². The lowest BCUT2D eigenvalue weighted by Gasteiger charge is -1.99. The molecular formula is C13H11ClN4O2. The number of hydrogen-bond acceptors (Lipinski definition) is 3. The molecular weight excluding hydrogens is 280 g/mol. The second-order valence-corrected chi connectivity index (χ2v) is 4.73. The van der Waals surface area contributed by atoms with Crippen molar-refractivity contribution >= 4 is 22.8 Å². The van der Waals surface area contributed by atoms with E-state index in [1.807, 2.05) is 13.0 Å². The van der Waals surface area contributed by atoms with E-state index < -0.39 is 11.2 Å². The average molecular weight is 291 g/mol. The zero-order chi connectivity index (χ0) is 14.3. The summed E-state index contributed by atoms with van der Waals surface area (Å²) in [5.74, 6) is 0.501. The van der Waals surface area contributed by atoms with Crippen LogP contribution >= 0.6 is 11.6 Å². The first kappa shape index (κ1) is 12.7. The summed E-state index contributed by atoms with van der Waals surface area (Å²) in [5, 5.41) is 0.574. The van der Waals surface area contributed by atoms with Gasteiger partial charge in [0, 0.05) is 17.1 Å². The van der Waals surface area contributed by atoms with Gasteiger partial charge in [0.05, 0.1) is 0 Å². The highest BCUT2D eigenvalue weighted by Crippen LogP contribution is 2.21. The molecule has 0 saturated carbocycles. The number of imidazole rings is 1. The number of benzene rings is 1. The van der Waals surface area contributed by atoms with Crippen LogP contribution in [-0.4, -0.2) is 19.5 Å². The summed E-state index contributed by atoms with van der Waals surface area (Å²) < 4.78 is 1.40. The zero-order valence-electron chi connectivity index (χ0n) is 10.6. The lowest BCUT2D eigenvalue weighted by Crippen LogP contribution is -2.29. The zero-order valence-corrected chi connectivity index (χ0v) is 11.4. The molecule has 0 aliphatic rings. The standard InChI is InChI=1S/C13H11ClN4O2/c1-2-18-11-9(12(19)17-13(18)20)15-10(16-11)7-4-3-5-8(14)6-7/h3-6H,2H2,1H3,(H,15,16)(H,17,19,20). The van der Waals surface area contributed by atoms with E-state index in [4.69, 9.17) is 11.6 Å². The Morgan fingerprint density at radius 1 is 1.30 bits per heavy atom. The predicted molar refractivity (Wildman–Crippen MR) is 77.1 cm³/mol. The van der Waals surface area contributed by atoms with E-state index >= 15 is 0 Å². The van der Waals surface area contributed by atoms with Gasteiger partial charge in [0.15, 0.2) is 5.65 Å². The quantitative estimate of drug-likeness (QED) is 0.754. The molecule has 0 radical (unpaired) electrons. The molecule has 0 atom stereocenters. The fraction of sp³-hybridized carbons (Fsp3) is 0.154. The van der Waals surface area contributed by atoms with Crippen molar-refractivity contribution in [1.29, 1.82) is 0 Å². The number of rotatable bonds is 2. The highest BCUT2D eigenvalue weighted by molar-refractivity contribution is 6.30. The van der Waals surface area contributed by atoms with Crippen LogP contribution in [0.3, 0.4) is 0 Å². The van der Waals surface area contributed by atoms with Crippen molar-refractivity contribution in [1.82, 2.24) is 19.5 Å². The largest absolute Gasteiger partial charge is 0.332 e. The number of fused-ring (bicyclic) bond motifs is 1. The van der Waals surface area contributed by atoms with Crippen LogP contribution in [0.15, 0.2) is 33.9 Å². The molecule has 1 aromatic carbocycles. The lowest BCUT2D eigenvalue weighted by molar-refractivity contribution is 0.720. The monoisotopic (exact) mass is 290 g/mol. The molecule has 0 fully saturated rings. The predicted octanol–water partition coefficient (Wildman–Crippen LogP) is 1.75. The molecule has 2 heterocycles. The second-order valence-electron chi connectivity index (χ2n) is 4.30. The van der Waals surface area contributed by atoms with E-state index in [2.05, 4.69) is 15.0 Å². The normalized spacial score (nSPS) is 11.1. The summed E-state index contributed by atoms with van der Waals surface area (Å²) in [6.45, 7) is 2.23. The maximum atomic E-state index is 11.8. The van der Waals surface area contributed by atoms with Gasteiger partial charge >= 0.3 is 5.69 Å². The van der Waals surface area contributed by atoms with E-state index in [1.54, 1.807) is 18.2 Å². The Balaban J connectivity index is 2.33. The van der Waals surface area contributed by atoms with Gasteiger partial charge < -0.3 is 4.98 Å². The average Bonchev–Trinajstić information content (AvgIpc) is 2.84. The van der Waals surface area contributed by atoms with Crippen molar-refractivity contribution in [3.63, 3.8) is 0 Å². The van der Waals surface area contributed by atoms with Gasteiger partial charge in [-0.3, -0.25) is 14.3 Å². The Kier molecular flexibility index (Phi) is 2.94. The number of halogens is 1. The molecule has 0 saturated heterocycles. The third-order valence-corrected chi connectivity index (χ3v) is 3.28. The Bertz CT molecular complexity index is 907. The minimum atomic E-state index is -0.476. The summed E-state index contributed by atoms with van der Waals surface area (Å²) in [7, 11) is 0. The van der Waals surface area contributed by atoms with Gasteiger partial charge in [-0.1, -0.05) is 23.7 Å². The van der Waals surface area contributed by atoms with Gasteiger partial charge in [0.2, 0.25) is 0 Å². The van der Waals surface area contributed by atoms with E-state index in [0.717, 1.165) is 5.56 Å². The maximum Gasteiger partial charge on any atom is 0.330 e. The van der Waals surface area contributed by atoms with Crippen molar-refractivity contribution in [2.75, 3.05) is 0 Å². The third kappa shape index (κ3) is 1.94. The van der Waals surface area contributed by atoms with Crippen LogP contribution < -0.4 is 11.2 Å². The number of nitrogens with zero attached hydrogens (tertiary/aromatic N) is 2. The smallest absolute Gasteiger partial charge is 0.330 e. The van der Waals surface area contributed by atoms with Crippen LogP contribution in [0.4, 0.5) is 0 Å². The van der Waals surface area contributed by atoms with E-state index in [-0.39, 0.29) is 5.52 Å². The molecule has 0 spiro atoms. The van der Waals surface area contributed by atoms with Crippen LogP contribution in [0, 0.1) is 0 Å². The van der Waals surface area contributed by atoms with E-state index in [9.17, 15) is 9.59 Å². The molecule has 0 bridgehead atoms. The molecule has 0 aliphatic heterocycles. The highest BCUT2D eigenvalue weighted by atomic mass is 35.5. The molecule has 2 N–H and O–H groups in total. The van der Waals surface area contributed by atoms with E-state index in [0.29, 0.717) is 23.0 Å². The number of aryl methyl sites for hydroxylation is 1. The SMILES string of the molecule is CCn1c(=O)[nH]c(=O)c2[nH]c(-c3cccc(Cl)c3)nc21. The molecule has 3 rings (SSSR count). The fourth-order valence-corrected chi connectivity index (χ4v) is 2.30. The van der Waals surface area contributed by atoms with Gasteiger partial charge in [-0.15, -0.1) is 0 Å². The number of aromatic amines is 2. The van der Waals surface area contributed by atoms with Gasteiger partial charge in [0.1, 0.15) is 11.3 Å². The molecule has 102 valence electrons. The molecule has 2 aromatic heterocycles. The number of nitrogens with one attached hydrogen (secondary N) is 2. The van der Waals surface area contributed by atoms with E-state index in [1.165, 1.54) is 4.57 Å². The topological polar surface area (TPSA) is 83.5 Å². The Morgan fingerprint density at radius 2 is 2.10 bits per heavy atom. The summed E-state index contributed by atoms with van der Waals surface area (Å²) in [6, 6.07) is 7.11. The van der Waals surface area contributed by atoms with Crippen molar-refractivity contribution < 1.29 is 0 Å². The number of H-pyrrole nitrogens is 2. The van der Waals surface area contributed by atoms with Crippen molar-refractivity contribution in [3.05, 3.63) is 50.1 Å². The summed E-state index contributed by atoms with van der Waals surface area (Å²) in [4.78, 5) is 33.1. The molecule has 0 unspecified atom stereocenters. The highest BCUT2D eigenvalue weighted by Gasteiger charge is 2.13. The minimum absolute atomic E-state index is 0.279. The number of hydrogen-bond donors (Lipinski definition) is 2. The fourth-order valence-electron chi connectivity index (χ4n) is 2.11. The van der Waals surface area contributed by atoms with Gasteiger partial charge in [-0.2, -0.15) is 0 Å². The van der Waals surface area contributed by atoms with Gasteiger partial charge in [-0.05, 0) is 19.1 Å². The van der Waals surface area contributed by atoms with Crippen molar-refractivity contribution in [3.8, 4) is 11.4 Å². The van der Waals surface area contributed by atoms with Crippen molar-refractivity contribution in [2.45, 2.75) is 13.5 Å². The van der Waals surface area contributed by atoms with Crippen LogP contribution in [0.2, 0.25) is 5.02 Å². The Morgan fingerprint density at radius 3 is 2.80 bits per heavy atom. The summed E-state index contributed by atoms with van der Waals surface area (Å²) in [5.41, 5.74) is 0.436. The molecule has 6 nitrogen and oxygen atoms in total. The second kappa shape index (κ2) is 4.64. The first-order valence-corrected chi connectivity index (χ1v) is 6.46. The summed E-state index contributed by atoms with van der Waals surface area (Å²) >= 11 is 5.94.